The normalized spacial score (nSPS) is 13.4. The Labute approximate surface area is 133 Å². The van der Waals surface area contributed by atoms with Crippen LogP contribution in [0.15, 0.2) is 30.3 Å². The topological polar surface area (TPSA) is 105 Å². The Kier molecular flexibility index (Phi) is 7.60. The van der Waals surface area contributed by atoms with Gasteiger partial charge in [-0.2, -0.15) is 0 Å². The molecule has 1 atom stereocenters. The van der Waals surface area contributed by atoms with Gasteiger partial charge in [0.1, 0.15) is 5.84 Å². The minimum Gasteiger partial charge on any atom is -0.386 e. The van der Waals surface area contributed by atoms with Crippen molar-refractivity contribution in [3.8, 4) is 0 Å². The molecular weight excluding hydrogens is 276 g/mol. The van der Waals surface area contributed by atoms with Gasteiger partial charge in [-0.15, -0.1) is 0 Å². The van der Waals surface area contributed by atoms with Crippen molar-refractivity contribution in [1.82, 2.24) is 5.32 Å². The lowest BCUT2D eigenvalue weighted by Crippen LogP contribution is -2.63. The Bertz CT molecular complexity index is 475. The second-order valence-electron chi connectivity index (χ2n) is 5.72. The fourth-order valence-corrected chi connectivity index (χ4v) is 2.30. The van der Waals surface area contributed by atoms with Crippen LogP contribution >= 0.6 is 0 Å². The summed E-state index contributed by atoms with van der Waals surface area (Å²) >= 11 is 0. The van der Waals surface area contributed by atoms with Crippen molar-refractivity contribution in [2.45, 2.75) is 51.0 Å². The third kappa shape index (κ3) is 5.48. The predicted octanol–water partition coefficient (Wildman–Crippen LogP) is 1.95. The zero-order chi connectivity index (χ0) is 16.4. The van der Waals surface area contributed by atoms with Gasteiger partial charge in [-0.05, 0) is 12.0 Å². The second kappa shape index (κ2) is 9.20. The summed E-state index contributed by atoms with van der Waals surface area (Å²) in [5.41, 5.74) is 11.1. The molecule has 0 aliphatic rings. The first-order valence-corrected chi connectivity index (χ1v) is 7.96. The molecule has 0 saturated carbocycles. The quantitative estimate of drug-likeness (QED) is 0.301. The predicted molar refractivity (Wildman–Crippen MR) is 90.7 cm³/mol. The number of hydrogen-bond donors (Lipinski definition) is 4. The molecule has 0 spiro atoms. The number of carbonyl (C=O) groups excluding carboxylic acids is 1. The van der Waals surface area contributed by atoms with Gasteiger partial charge in [0.25, 0.3) is 0 Å². The van der Waals surface area contributed by atoms with Crippen LogP contribution in [0.2, 0.25) is 0 Å². The fourth-order valence-electron chi connectivity index (χ4n) is 2.30. The molecule has 6 N–H and O–H groups in total. The molecule has 0 aliphatic carbocycles. The molecule has 5 heteroatoms. The number of rotatable bonds is 10. The van der Waals surface area contributed by atoms with Crippen LogP contribution in [0.5, 0.6) is 0 Å². The molecule has 0 bridgehead atoms. The van der Waals surface area contributed by atoms with Gasteiger partial charge < -0.3 is 16.8 Å². The Morgan fingerprint density at radius 1 is 1.18 bits per heavy atom. The maximum atomic E-state index is 12.3. The summed E-state index contributed by atoms with van der Waals surface area (Å²) in [7, 11) is 0. The molecule has 22 heavy (non-hydrogen) atoms. The van der Waals surface area contributed by atoms with E-state index in [-0.39, 0.29) is 18.2 Å². The van der Waals surface area contributed by atoms with Crippen molar-refractivity contribution in [3.63, 3.8) is 0 Å². The summed E-state index contributed by atoms with van der Waals surface area (Å²) in [5.74, 6) is -0.681. The second-order valence-corrected chi connectivity index (χ2v) is 5.72. The van der Waals surface area contributed by atoms with Gasteiger partial charge in [-0.1, -0.05) is 62.9 Å². The highest BCUT2D eigenvalue weighted by Gasteiger charge is 2.37. The van der Waals surface area contributed by atoms with E-state index in [9.17, 15) is 4.79 Å². The molecule has 1 amide bonds. The first kappa shape index (κ1) is 18.2. The van der Waals surface area contributed by atoms with Crippen molar-refractivity contribution in [3.05, 3.63) is 35.9 Å². The Hall–Kier alpha value is -1.88. The highest BCUT2D eigenvalue weighted by molar-refractivity contribution is 6.10. The highest BCUT2D eigenvalue weighted by Crippen LogP contribution is 2.12. The van der Waals surface area contributed by atoms with Crippen LogP contribution in [0, 0.1) is 5.41 Å². The van der Waals surface area contributed by atoms with Crippen LogP contribution in [0.25, 0.3) is 0 Å². The molecule has 5 nitrogen and oxygen atoms in total. The zero-order valence-corrected chi connectivity index (χ0v) is 13.4. The summed E-state index contributed by atoms with van der Waals surface area (Å²) in [4.78, 5) is 12.3. The maximum absolute atomic E-state index is 12.3. The Balaban J connectivity index is 2.54. The average molecular weight is 304 g/mol. The van der Waals surface area contributed by atoms with Crippen LogP contribution in [0.3, 0.4) is 0 Å². The standard InChI is InChI=1S/C17H28N4O/c1-2-3-4-5-9-12-21-16(22)17(20,15(18)19)13-14-10-7-6-8-11-14/h6-8,10-11H,2-5,9,12-13,20H2,1H3,(H3,18,19)(H,21,22)/t17-/m1/s1. The van der Waals surface area contributed by atoms with E-state index >= 15 is 0 Å². The van der Waals surface area contributed by atoms with E-state index in [1.807, 2.05) is 30.3 Å². The lowest BCUT2D eigenvalue weighted by Gasteiger charge is -2.27. The molecule has 0 aromatic heterocycles. The van der Waals surface area contributed by atoms with E-state index in [1.165, 1.54) is 19.3 Å². The SMILES string of the molecule is CCCCCCCNC(=O)[C@@](N)(Cc1ccccc1)C(=N)N. The smallest absolute Gasteiger partial charge is 0.248 e. The molecule has 0 radical (unpaired) electrons. The molecule has 1 aromatic rings. The molecule has 0 saturated heterocycles. The molecule has 0 fully saturated rings. The molecular formula is C17H28N4O. The number of benzene rings is 1. The minimum absolute atomic E-state index is 0.227. The minimum atomic E-state index is -1.48. The van der Waals surface area contributed by atoms with Crippen LogP contribution in [-0.4, -0.2) is 23.8 Å². The number of nitrogens with one attached hydrogen (secondary N) is 2. The highest BCUT2D eigenvalue weighted by atomic mass is 16.2. The van der Waals surface area contributed by atoms with E-state index in [1.54, 1.807) is 0 Å². The van der Waals surface area contributed by atoms with E-state index < -0.39 is 5.54 Å². The molecule has 0 aliphatic heterocycles. The van der Waals surface area contributed by atoms with Crippen molar-refractivity contribution in [2.24, 2.45) is 11.5 Å². The first-order chi connectivity index (χ1) is 10.5. The third-order valence-electron chi connectivity index (χ3n) is 3.78. The number of amidine groups is 1. The Morgan fingerprint density at radius 3 is 2.41 bits per heavy atom. The van der Waals surface area contributed by atoms with Gasteiger partial charge >= 0.3 is 0 Å². The third-order valence-corrected chi connectivity index (χ3v) is 3.78. The monoisotopic (exact) mass is 304 g/mol. The van der Waals surface area contributed by atoms with Crippen molar-refractivity contribution < 1.29 is 4.79 Å². The van der Waals surface area contributed by atoms with Crippen LogP contribution < -0.4 is 16.8 Å². The van der Waals surface area contributed by atoms with Gasteiger partial charge in [-0.3, -0.25) is 10.2 Å². The van der Waals surface area contributed by atoms with Gasteiger partial charge in [0.05, 0.1) is 0 Å². The zero-order valence-electron chi connectivity index (χ0n) is 13.4. The summed E-state index contributed by atoms with van der Waals surface area (Å²) in [5, 5.41) is 10.5. The van der Waals surface area contributed by atoms with Crippen molar-refractivity contribution >= 4 is 11.7 Å². The first-order valence-electron chi connectivity index (χ1n) is 7.96. The lowest BCUT2D eigenvalue weighted by atomic mass is 9.89. The van der Waals surface area contributed by atoms with E-state index in [2.05, 4.69) is 12.2 Å². The van der Waals surface area contributed by atoms with Crippen molar-refractivity contribution in [2.75, 3.05) is 6.54 Å². The molecule has 0 heterocycles. The van der Waals surface area contributed by atoms with Gasteiger partial charge in [0.2, 0.25) is 5.91 Å². The van der Waals surface area contributed by atoms with E-state index in [0.29, 0.717) is 6.54 Å². The van der Waals surface area contributed by atoms with Crippen molar-refractivity contribution in [1.29, 1.82) is 5.41 Å². The fraction of sp³-hybridized carbons (Fsp3) is 0.529. The van der Waals surface area contributed by atoms with Crippen LogP contribution in [-0.2, 0) is 11.2 Å². The lowest BCUT2D eigenvalue weighted by molar-refractivity contribution is -0.124. The molecule has 122 valence electrons. The number of nitrogens with two attached hydrogens (primary N) is 2. The van der Waals surface area contributed by atoms with Gasteiger partial charge in [0, 0.05) is 13.0 Å². The van der Waals surface area contributed by atoms with Gasteiger partial charge in [-0.25, -0.2) is 0 Å². The molecule has 1 aromatic carbocycles. The number of carbonyl (C=O) groups is 1. The van der Waals surface area contributed by atoms with Crippen LogP contribution in [0.1, 0.15) is 44.6 Å². The number of unbranched alkanes of at least 4 members (excludes halogenated alkanes) is 4. The summed E-state index contributed by atoms with van der Waals surface area (Å²) < 4.78 is 0. The maximum Gasteiger partial charge on any atom is 0.248 e. The van der Waals surface area contributed by atoms with Crippen LogP contribution in [0.4, 0.5) is 0 Å². The average Bonchev–Trinajstić information content (AvgIpc) is 2.51. The summed E-state index contributed by atoms with van der Waals surface area (Å²) in [6, 6.07) is 9.40. The molecule has 1 rings (SSSR count). The number of hydrogen-bond acceptors (Lipinski definition) is 3. The van der Waals surface area contributed by atoms with Gasteiger partial charge in [0.15, 0.2) is 5.54 Å². The van der Waals surface area contributed by atoms with E-state index in [4.69, 9.17) is 16.9 Å². The summed E-state index contributed by atoms with van der Waals surface area (Å²) in [6.45, 7) is 2.74. The Morgan fingerprint density at radius 2 is 1.82 bits per heavy atom. The summed E-state index contributed by atoms with van der Waals surface area (Å²) in [6.07, 6.45) is 5.83. The largest absolute Gasteiger partial charge is 0.386 e. The molecule has 0 unspecified atom stereocenters. The van der Waals surface area contributed by atoms with E-state index in [0.717, 1.165) is 18.4 Å². The number of amides is 1.